The molecule has 0 fully saturated rings. The lowest BCUT2D eigenvalue weighted by Crippen LogP contribution is -2.49. The molecule has 1 aliphatic rings. The number of hydrogen-bond donors (Lipinski definition) is 0. The quantitative estimate of drug-likeness (QED) is 0.501. The maximum atomic E-state index is 13.3. The summed E-state index contributed by atoms with van der Waals surface area (Å²) >= 11 is 0. The Labute approximate surface area is 185 Å². The van der Waals surface area contributed by atoms with Gasteiger partial charge in [-0.3, -0.25) is 9.59 Å². The second kappa shape index (κ2) is 7.64. The van der Waals surface area contributed by atoms with Crippen molar-refractivity contribution in [2.75, 3.05) is 0 Å². The van der Waals surface area contributed by atoms with Gasteiger partial charge in [-0.05, 0) is 56.2 Å². The Morgan fingerprint density at radius 2 is 1.94 bits per heavy atom. The molecule has 0 bridgehead atoms. The number of amides is 1. The zero-order valence-corrected chi connectivity index (χ0v) is 18.3. The summed E-state index contributed by atoms with van der Waals surface area (Å²) in [5, 5.41) is 4.33. The first-order chi connectivity index (χ1) is 15.4. The van der Waals surface area contributed by atoms with Crippen LogP contribution in [0.2, 0.25) is 0 Å². The first-order valence-electron chi connectivity index (χ1n) is 10.6. The minimum atomic E-state index is -0.184. The SMILES string of the molecule is Cc1cn(-c2ccc3n(c2=O)C[C@@H](C)N(Cc2ccc(C)c(-n4cccn4)c2)C3=O)cn1. The topological polar surface area (TPSA) is 78.0 Å². The van der Waals surface area contributed by atoms with Gasteiger partial charge in [0.25, 0.3) is 11.5 Å². The van der Waals surface area contributed by atoms with E-state index in [-0.39, 0.29) is 17.5 Å². The molecule has 162 valence electrons. The van der Waals surface area contributed by atoms with Crippen LogP contribution in [0.25, 0.3) is 11.4 Å². The third-order valence-electron chi connectivity index (χ3n) is 5.98. The summed E-state index contributed by atoms with van der Waals surface area (Å²) in [7, 11) is 0. The fourth-order valence-corrected chi connectivity index (χ4v) is 4.23. The van der Waals surface area contributed by atoms with Crippen LogP contribution in [0.5, 0.6) is 0 Å². The molecule has 1 aromatic carbocycles. The number of nitrogens with zero attached hydrogens (tertiary/aromatic N) is 6. The number of pyridine rings is 1. The normalized spacial score (nSPS) is 15.8. The predicted molar refractivity (Wildman–Crippen MR) is 120 cm³/mol. The smallest absolute Gasteiger partial charge is 0.275 e. The fourth-order valence-electron chi connectivity index (χ4n) is 4.23. The number of fused-ring (bicyclic) bond motifs is 1. The van der Waals surface area contributed by atoms with Crippen molar-refractivity contribution in [2.45, 2.75) is 39.9 Å². The van der Waals surface area contributed by atoms with E-state index in [1.54, 1.807) is 40.0 Å². The van der Waals surface area contributed by atoms with Crippen molar-refractivity contribution < 1.29 is 4.79 Å². The lowest BCUT2D eigenvalue weighted by atomic mass is 10.1. The van der Waals surface area contributed by atoms with Crippen LogP contribution in [0, 0.1) is 13.8 Å². The molecule has 4 heterocycles. The van der Waals surface area contributed by atoms with Gasteiger partial charge in [0.1, 0.15) is 11.4 Å². The third kappa shape index (κ3) is 3.33. The van der Waals surface area contributed by atoms with E-state index in [4.69, 9.17) is 0 Å². The minimum Gasteiger partial charge on any atom is -0.329 e. The molecule has 0 N–H and O–H groups in total. The van der Waals surface area contributed by atoms with Crippen LogP contribution < -0.4 is 5.56 Å². The number of imidazole rings is 1. The number of aromatic nitrogens is 5. The highest BCUT2D eigenvalue weighted by molar-refractivity contribution is 5.93. The van der Waals surface area contributed by atoms with Gasteiger partial charge in [0.2, 0.25) is 0 Å². The van der Waals surface area contributed by atoms with Gasteiger partial charge in [-0.25, -0.2) is 9.67 Å². The molecule has 0 saturated heterocycles. The van der Waals surface area contributed by atoms with Gasteiger partial charge in [0, 0.05) is 37.7 Å². The van der Waals surface area contributed by atoms with Gasteiger partial charge < -0.3 is 14.0 Å². The van der Waals surface area contributed by atoms with Crippen LogP contribution in [0.1, 0.15) is 34.2 Å². The van der Waals surface area contributed by atoms with Gasteiger partial charge in [-0.15, -0.1) is 0 Å². The Hall–Kier alpha value is -3.94. The van der Waals surface area contributed by atoms with Crippen LogP contribution in [-0.2, 0) is 13.1 Å². The highest BCUT2D eigenvalue weighted by atomic mass is 16.2. The van der Waals surface area contributed by atoms with Crippen LogP contribution in [-0.4, -0.2) is 40.7 Å². The lowest BCUT2D eigenvalue weighted by molar-refractivity contribution is 0.0590. The summed E-state index contributed by atoms with van der Waals surface area (Å²) in [6.45, 7) is 6.80. The summed E-state index contributed by atoms with van der Waals surface area (Å²) in [6, 6.07) is 11.3. The van der Waals surface area contributed by atoms with Crippen molar-refractivity contribution in [1.29, 1.82) is 0 Å². The van der Waals surface area contributed by atoms with Crippen molar-refractivity contribution in [2.24, 2.45) is 0 Å². The van der Waals surface area contributed by atoms with Gasteiger partial charge >= 0.3 is 0 Å². The van der Waals surface area contributed by atoms with E-state index < -0.39 is 0 Å². The summed E-state index contributed by atoms with van der Waals surface area (Å²) in [5.41, 5.74) is 4.66. The molecule has 0 spiro atoms. The molecule has 1 aliphatic heterocycles. The largest absolute Gasteiger partial charge is 0.329 e. The fraction of sp³-hybridized carbons (Fsp3) is 0.250. The van der Waals surface area contributed by atoms with E-state index in [1.165, 1.54) is 0 Å². The number of rotatable bonds is 4. The summed E-state index contributed by atoms with van der Waals surface area (Å²) in [5.74, 6) is -0.143. The average molecular weight is 428 g/mol. The Balaban J connectivity index is 1.47. The van der Waals surface area contributed by atoms with Gasteiger partial charge in [-0.1, -0.05) is 12.1 Å². The molecule has 1 atom stereocenters. The van der Waals surface area contributed by atoms with E-state index in [0.29, 0.717) is 24.5 Å². The van der Waals surface area contributed by atoms with Crippen LogP contribution in [0.3, 0.4) is 0 Å². The third-order valence-corrected chi connectivity index (χ3v) is 5.98. The van der Waals surface area contributed by atoms with Gasteiger partial charge in [0.15, 0.2) is 0 Å². The van der Waals surface area contributed by atoms with E-state index in [2.05, 4.69) is 16.1 Å². The second-order valence-electron chi connectivity index (χ2n) is 8.30. The standard InChI is InChI=1S/C24H24N6O2/c1-16-5-6-19(11-22(16)30-10-4-9-26-30)14-28-18(3)13-29-21(24(28)32)8-7-20(23(29)31)27-12-17(2)25-15-27/h4-12,15,18H,13-14H2,1-3H3/t18-/m1/s1. The maximum absolute atomic E-state index is 13.3. The highest BCUT2D eigenvalue weighted by Gasteiger charge is 2.31. The molecule has 0 saturated carbocycles. The number of benzene rings is 1. The summed E-state index contributed by atoms with van der Waals surface area (Å²) in [4.78, 5) is 32.5. The van der Waals surface area contributed by atoms with E-state index in [9.17, 15) is 9.59 Å². The van der Waals surface area contributed by atoms with Crippen molar-refractivity contribution in [3.63, 3.8) is 0 Å². The minimum absolute atomic E-state index is 0.123. The number of hydrogen-bond acceptors (Lipinski definition) is 4. The van der Waals surface area contributed by atoms with Crippen molar-refractivity contribution in [3.8, 4) is 11.4 Å². The van der Waals surface area contributed by atoms with Crippen LogP contribution in [0.4, 0.5) is 0 Å². The second-order valence-corrected chi connectivity index (χ2v) is 8.30. The van der Waals surface area contributed by atoms with E-state index in [0.717, 1.165) is 22.5 Å². The van der Waals surface area contributed by atoms with Crippen molar-refractivity contribution in [1.82, 2.24) is 28.8 Å². The molecule has 0 aliphatic carbocycles. The Kier molecular flexibility index (Phi) is 4.77. The molecule has 0 radical (unpaired) electrons. The highest BCUT2D eigenvalue weighted by Crippen LogP contribution is 2.22. The van der Waals surface area contributed by atoms with Crippen LogP contribution >= 0.6 is 0 Å². The maximum Gasteiger partial charge on any atom is 0.275 e. The molecule has 8 nitrogen and oxygen atoms in total. The van der Waals surface area contributed by atoms with Gasteiger partial charge in [0.05, 0.1) is 17.7 Å². The van der Waals surface area contributed by atoms with Crippen molar-refractivity contribution >= 4 is 5.91 Å². The monoisotopic (exact) mass is 428 g/mol. The molecule has 32 heavy (non-hydrogen) atoms. The van der Waals surface area contributed by atoms with E-state index >= 15 is 0 Å². The molecule has 3 aromatic heterocycles. The zero-order valence-electron chi connectivity index (χ0n) is 18.3. The van der Waals surface area contributed by atoms with E-state index in [1.807, 2.05) is 54.7 Å². The Bertz CT molecular complexity index is 1370. The number of carbonyl (C=O) groups is 1. The predicted octanol–water partition coefficient (Wildman–Crippen LogP) is 2.88. The van der Waals surface area contributed by atoms with Gasteiger partial charge in [-0.2, -0.15) is 5.10 Å². The molecule has 8 heteroatoms. The first-order valence-corrected chi connectivity index (χ1v) is 10.6. The molecular formula is C24H24N6O2. The lowest BCUT2D eigenvalue weighted by Gasteiger charge is -2.35. The molecule has 5 rings (SSSR count). The molecular weight excluding hydrogens is 404 g/mol. The Morgan fingerprint density at radius 1 is 1.09 bits per heavy atom. The Morgan fingerprint density at radius 3 is 2.66 bits per heavy atom. The average Bonchev–Trinajstić information content (AvgIpc) is 3.45. The summed E-state index contributed by atoms with van der Waals surface area (Å²) < 4.78 is 5.11. The molecule has 0 unspecified atom stereocenters. The first kappa shape index (κ1) is 20.0. The number of aryl methyl sites for hydroxylation is 2. The molecule has 4 aromatic rings. The van der Waals surface area contributed by atoms with Crippen molar-refractivity contribution in [3.05, 3.63) is 94.2 Å². The van der Waals surface area contributed by atoms with Crippen LogP contribution in [0.15, 0.2) is 66.1 Å². The number of carbonyl (C=O) groups excluding carboxylic acids is 1. The molecule has 1 amide bonds. The summed E-state index contributed by atoms with van der Waals surface area (Å²) in [6.07, 6.45) is 7.08. The zero-order chi connectivity index (χ0) is 22.4.